The van der Waals surface area contributed by atoms with Gasteiger partial charge in [0.1, 0.15) is 0 Å². The van der Waals surface area contributed by atoms with Gasteiger partial charge in [0.05, 0.1) is 11.5 Å². The first-order valence-corrected chi connectivity index (χ1v) is 8.54. The highest BCUT2D eigenvalue weighted by molar-refractivity contribution is 8.04. The molecule has 128 valence electrons. The SMILES string of the molecule is CCOC(=O)/C(=C/C=C(\O)C(=O)c1ccccc1)Sc1ccccc1. The van der Waals surface area contributed by atoms with Crippen molar-refractivity contribution in [1.82, 2.24) is 0 Å². The van der Waals surface area contributed by atoms with E-state index in [-0.39, 0.29) is 11.5 Å². The molecule has 2 rings (SSSR count). The lowest BCUT2D eigenvalue weighted by Crippen LogP contribution is -2.06. The fourth-order valence-electron chi connectivity index (χ4n) is 1.93. The summed E-state index contributed by atoms with van der Waals surface area (Å²) in [5.74, 6) is -1.46. The third kappa shape index (κ3) is 5.65. The number of thioether (sulfide) groups is 1. The minimum atomic E-state index is -0.509. The summed E-state index contributed by atoms with van der Waals surface area (Å²) < 4.78 is 5.03. The lowest BCUT2D eigenvalue weighted by molar-refractivity contribution is -0.137. The minimum absolute atomic E-state index is 0.240. The second kappa shape index (κ2) is 9.49. The van der Waals surface area contributed by atoms with Crippen LogP contribution in [0.4, 0.5) is 0 Å². The van der Waals surface area contributed by atoms with E-state index in [1.165, 1.54) is 23.9 Å². The second-order valence-electron chi connectivity index (χ2n) is 4.91. The summed E-state index contributed by atoms with van der Waals surface area (Å²) in [6.07, 6.45) is 2.61. The van der Waals surface area contributed by atoms with E-state index in [4.69, 9.17) is 4.74 Å². The van der Waals surface area contributed by atoms with E-state index in [1.54, 1.807) is 37.3 Å². The first-order chi connectivity index (χ1) is 12.1. The zero-order valence-corrected chi connectivity index (χ0v) is 14.5. The quantitative estimate of drug-likeness (QED) is 0.197. The summed E-state index contributed by atoms with van der Waals surface area (Å²) in [5, 5.41) is 10.0. The predicted octanol–water partition coefficient (Wildman–Crippen LogP) is 4.55. The van der Waals surface area contributed by atoms with Crippen molar-refractivity contribution in [3.8, 4) is 0 Å². The summed E-state index contributed by atoms with van der Waals surface area (Å²) >= 11 is 1.21. The van der Waals surface area contributed by atoms with Crippen molar-refractivity contribution in [3.63, 3.8) is 0 Å². The molecule has 0 aliphatic rings. The Balaban J connectivity index is 2.23. The van der Waals surface area contributed by atoms with Crippen LogP contribution in [0, 0.1) is 0 Å². The zero-order chi connectivity index (χ0) is 18.1. The molecule has 0 fully saturated rings. The van der Waals surface area contributed by atoms with Gasteiger partial charge in [0, 0.05) is 10.5 Å². The number of carbonyl (C=O) groups excluding carboxylic acids is 2. The Morgan fingerprint density at radius 2 is 1.60 bits per heavy atom. The number of hydrogen-bond acceptors (Lipinski definition) is 5. The van der Waals surface area contributed by atoms with Crippen LogP contribution in [0.3, 0.4) is 0 Å². The average molecular weight is 354 g/mol. The summed E-state index contributed by atoms with van der Waals surface area (Å²) in [7, 11) is 0. The Kier molecular flexibility index (Phi) is 7.04. The number of Topliss-reactive ketones (excluding diaryl/α,β-unsaturated/α-hetero) is 1. The van der Waals surface area contributed by atoms with Gasteiger partial charge in [-0.2, -0.15) is 0 Å². The highest BCUT2D eigenvalue weighted by Crippen LogP contribution is 2.27. The molecule has 0 saturated carbocycles. The Morgan fingerprint density at radius 1 is 1.00 bits per heavy atom. The van der Waals surface area contributed by atoms with Crippen LogP contribution in [0.1, 0.15) is 17.3 Å². The molecule has 0 spiro atoms. The van der Waals surface area contributed by atoms with Crippen LogP contribution in [0.25, 0.3) is 0 Å². The number of ether oxygens (including phenoxy) is 1. The van der Waals surface area contributed by atoms with Crippen LogP contribution < -0.4 is 0 Å². The van der Waals surface area contributed by atoms with E-state index >= 15 is 0 Å². The predicted molar refractivity (Wildman–Crippen MR) is 98.5 cm³/mol. The second-order valence-corrected chi connectivity index (χ2v) is 6.03. The summed E-state index contributed by atoms with van der Waals surface area (Å²) in [6, 6.07) is 17.7. The Labute approximate surface area is 150 Å². The van der Waals surface area contributed by atoms with Gasteiger partial charge >= 0.3 is 5.97 Å². The lowest BCUT2D eigenvalue weighted by Gasteiger charge is -2.06. The van der Waals surface area contributed by atoms with Gasteiger partial charge in [0.15, 0.2) is 5.76 Å². The lowest BCUT2D eigenvalue weighted by atomic mass is 10.1. The standard InChI is InChI=1S/C20H18O4S/c1-2-24-20(23)18(25-16-11-7-4-8-12-16)14-13-17(21)19(22)15-9-5-3-6-10-15/h3-14,21H,2H2,1H3/b17-13-,18-14-. The van der Waals surface area contributed by atoms with E-state index in [2.05, 4.69) is 0 Å². The van der Waals surface area contributed by atoms with Gasteiger partial charge in [-0.05, 0) is 31.2 Å². The first-order valence-electron chi connectivity index (χ1n) is 7.72. The monoisotopic (exact) mass is 354 g/mol. The maximum Gasteiger partial charge on any atom is 0.344 e. The van der Waals surface area contributed by atoms with E-state index < -0.39 is 17.5 Å². The number of ketones is 1. The fourth-order valence-corrected chi connectivity index (χ4v) is 2.75. The number of esters is 1. The molecule has 0 aliphatic carbocycles. The normalized spacial score (nSPS) is 11.9. The van der Waals surface area contributed by atoms with E-state index in [0.717, 1.165) is 4.90 Å². The average Bonchev–Trinajstić information content (AvgIpc) is 2.66. The molecule has 1 N–H and O–H groups in total. The highest BCUT2D eigenvalue weighted by atomic mass is 32.2. The first kappa shape index (κ1) is 18.5. The van der Waals surface area contributed by atoms with E-state index in [1.807, 2.05) is 30.3 Å². The zero-order valence-electron chi connectivity index (χ0n) is 13.7. The number of benzene rings is 2. The van der Waals surface area contributed by atoms with E-state index in [0.29, 0.717) is 5.56 Å². The van der Waals surface area contributed by atoms with Crippen molar-refractivity contribution in [3.05, 3.63) is 89.0 Å². The third-order valence-corrected chi connectivity index (χ3v) is 4.14. The minimum Gasteiger partial charge on any atom is -0.504 e. The van der Waals surface area contributed by atoms with E-state index in [9.17, 15) is 14.7 Å². The molecule has 0 radical (unpaired) electrons. The molecule has 0 unspecified atom stereocenters. The molecule has 0 saturated heterocycles. The number of rotatable bonds is 7. The number of hydrogen-bond donors (Lipinski definition) is 1. The summed E-state index contributed by atoms with van der Waals surface area (Å²) in [6.45, 7) is 1.96. The van der Waals surface area contributed by atoms with Crippen molar-refractivity contribution < 1.29 is 19.4 Å². The molecule has 5 heteroatoms. The van der Waals surface area contributed by atoms with Gasteiger partial charge in [-0.15, -0.1) is 0 Å². The van der Waals surface area contributed by atoms with Crippen molar-refractivity contribution >= 4 is 23.5 Å². The summed E-state index contributed by atoms with van der Waals surface area (Å²) in [5.41, 5.74) is 0.373. The number of allylic oxidation sites excluding steroid dienone is 3. The van der Waals surface area contributed by atoms with Gasteiger partial charge < -0.3 is 9.84 Å². The fraction of sp³-hybridized carbons (Fsp3) is 0.100. The van der Waals surface area contributed by atoms with Crippen LogP contribution in [-0.4, -0.2) is 23.5 Å². The van der Waals surface area contributed by atoms with Crippen molar-refractivity contribution in [2.75, 3.05) is 6.61 Å². The van der Waals surface area contributed by atoms with Crippen LogP contribution in [0.15, 0.2) is 88.4 Å². The summed E-state index contributed by atoms with van der Waals surface area (Å²) in [4.78, 5) is 25.4. The van der Waals surface area contributed by atoms with Gasteiger partial charge in [-0.1, -0.05) is 60.3 Å². The molecule has 25 heavy (non-hydrogen) atoms. The molecule has 0 aromatic heterocycles. The molecule has 4 nitrogen and oxygen atoms in total. The van der Waals surface area contributed by atoms with Crippen molar-refractivity contribution in [2.45, 2.75) is 11.8 Å². The molecule has 0 aliphatic heterocycles. The smallest absolute Gasteiger partial charge is 0.344 e. The van der Waals surface area contributed by atoms with Gasteiger partial charge in [-0.25, -0.2) is 4.79 Å². The molecule has 0 bridgehead atoms. The van der Waals surface area contributed by atoms with Crippen LogP contribution >= 0.6 is 11.8 Å². The van der Waals surface area contributed by atoms with Crippen molar-refractivity contribution in [2.24, 2.45) is 0 Å². The number of aliphatic hydroxyl groups excluding tert-OH is 1. The maximum atomic E-state index is 12.1. The molecular weight excluding hydrogens is 336 g/mol. The molecule has 0 heterocycles. The van der Waals surface area contributed by atoms with Gasteiger partial charge in [-0.3, -0.25) is 4.79 Å². The highest BCUT2D eigenvalue weighted by Gasteiger charge is 2.14. The topological polar surface area (TPSA) is 63.6 Å². The largest absolute Gasteiger partial charge is 0.504 e. The Morgan fingerprint density at radius 3 is 2.20 bits per heavy atom. The van der Waals surface area contributed by atoms with Crippen molar-refractivity contribution in [1.29, 1.82) is 0 Å². The van der Waals surface area contributed by atoms with Crippen LogP contribution in [0.2, 0.25) is 0 Å². The molecule has 0 atom stereocenters. The Hall–Kier alpha value is -2.79. The molecule has 2 aromatic carbocycles. The van der Waals surface area contributed by atoms with Crippen LogP contribution in [0.5, 0.6) is 0 Å². The van der Waals surface area contributed by atoms with Gasteiger partial charge in [0.2, 0.25) is 5.78 Å². The number of carbonyl (C=O) groups is 2. The molecular formula is C20H18O4S. The molecule has 0 amide bonds. The van der Waals surface area contributed by atoms with Gasteiger partial charge in [0.25, 0.3) is 0 Å². The molecule has 2 aromatic rings. The maximum absolute atomic E-state index is 12.1. The van der Waals surface area contributed by atoms with Crippen LogP contribution in [-0.2, 0) is 9.53 Å². The Bertz CT molecular complexity index is 780. The number of aliphatic hydroxyl groups is 1. The third-order valence-electron chi connectivity index (χ3n) is 3.11.